The summed E-state index contributed by atoms with van der Waals surface area (Å²) in [4.78, 5) is 50.0. The summed E-state index contributed by atoms with van der Waals surface area (Å²) in [7, 11) is 0. The number of rotatable bonds is 4. The van der Waals surface area contributed by atoms with Crippen LogP contribution in [0.3, 0.4) is 0 Å². The second-order valence-corrected chi connectivity index (χ2v) is 6.42. The molecule has 0 aliphatic carbocycles. The van der Waals surface area contributed by atoms with Gasteiger partial charge in [0.2, 0.25) is 5.76 Å². The van der Waals surface area contributed by atoms with Crippen LogP contribution in [0.15, 0.2) is 57.7 Å². The van der Waals surface area contributed by atoms with Crippen molar-refractivity contribution in [2.45, 2.75) is 6.92 Å². The maximum absolute atomic E-state index is 12.3. The van der Waals surface area contributed by atoms with Crippen molar-refractivity contribution >= 4 is 28.8 Å². The van der Waals surface area contributed by atoms with Crippen LogP contribution in [0, 0.1) is 6.92 Å². The van der Waals surface area contributed by atoms with E-state index in [1.165, 1.54) is 0 Å². The lowest BCUT2D eigenvalue weighted by atomic mass is 10.1. The lowest BCUT2D eigenvalue weighted by Gasteiger charge is -2.13. The normalized spacial score (nSPS) is 13.1. The lowest BCUT2D eigenvalue weighted by molar-refractivity contribution is 0.0394. The Labute approximate surface area is 159 Å². The van der Waals surface area contributed by atoms with Crippen molar-refractivity contribution in [1.29, 1.82) is 0 Å². The number of carbonyl (C=O) groups excluding carboxylic acids is 3. The van der Waals surface area contributed by atoms with Crippen LogP contribution < -0.4 is 5.43 Å². The highest BCUT2D eigenvalue weighted by Gasteiger charge is 2.34. The number of ether oxygens (including phenoxy) is 1. The van der Waals surface area contributed by atoms with Crippen molar-refractivity contribution in [3.63, 3.8) is 0 Å². The van der Waals surface area contributed by atoms with Crippen LogP contribution in [-0.2, 0) is 4.74 Å². The molecule has 7 heteroatoms. The first kappa shape index (κ1) is 17.7. The van der Waals surface area contributed by atoms with Crippen molar-refractivity contribution in [3.05, 3.63) is 81.2 Å². The van der Waals surface area contributed by atoms with Crippen molar-refractivity contribution in [1.82, 2.24) is 4.90 Å². The minimum absolute atomic E-state index is 0.0882. The Kier molecular flexibility index (Phi) is 4.27. The molecular formula is C21H15NO6. The maximum atomic E-state index is 12.3. The van der Waals surface area contributed by atoms with E-state index in [1.54, 1.807) is 42.5 Å². The average Bonchev–Trinajstić information content (AvgIpc) is 2.93. The molecule has 140 valence electrons. The molecule has 28 heavy (non-hydrogen) atoms. The molecule has 0 N–H and O–H groups in total. The molecule has 0 atom stereocenters. The number of nitrogens with zero attached hydrogens (tertiary/aromatic N) is 1. The molecule has 1 aliphatic rings. The number of hydrogen-bond donors (Lipinski definition) is 0. The predicted molar refractivity (Wildman–Crippen MR) is 99.3 cm³/mol. The topological polar surface area (TPSA) is 93.9 Å². The maximum Gasteiger partial charge on any atom is 0.374 e. The predicted octanol–water partition coefficient (Wildman–Crippen LogP) is 2.55. The number of amides is 2. The van der Waals surface area contributed by atoms with Crippen LogP contribution >= 0.6 is 0 Å². The molecule has 0 bridgehead atoms. The molecule has 1 aromatic heterocycles. The minimum Gasteiger partial charge on any atom is -0.458 e. The highest BCUT2D eigenvalue weighted by atomic mass is 16.5. The number of aryl methyl sites for hydroxylation is 1. The number of fused-ring (bicyclic) bond motifs is 2. The zero-order chi connectivity index (χ0) is 19.8. The van der Waals surface area contributed by atoms with Crippen LogP contribution in [0.1, 0.15) is 36.8 Å². The van der Waals surface area contributed by atoms with Gasteiger partial charge in [-0.2, -0.15) is 0 Å². The monoisotopic (exact) mass is 377 g/mol. The van der Waals surface area contributed by atoms with Gasteiger partial charge in [-0.25, -0.2) is 4.79 Å². The molecule has 0 fully saturated rings. The summed E-state index contributed by atoms with van der Waals surface area (Å²) in [5.74, 6) is -1.92. The Balaban J connectivity index is 1.45. The van der Waals surface area contributed by atoms with E-state index in [9.17, 15) is 19.2 Å². The molecule has 2 amide bonds. The third-order valence-corrected chi connectivity index (χ3v) is 4.51. The Morgan fingerprint density at radius 1 is 1.00 bits per heavy atom. The molecule has 0 unspecified atom stereocenters. The van der Waals surface area contributed by atoms with Crippen LogP contribution in [-0.4, -0.2) is 35.8 Å². The van der Waals surface area contributed by atoms with Gasteiger partial charge in [0.15, 0.2) is 5.43 Å². The van der Waals surface area contributed by atoms with Gasteiger partial charge < -0.3 is 9.15 Å². The summed E-state index contributed by atoms with van der Waals surface area (Å²) in [6.07, 6.45) is 0. The largest absolute Gasteiger partial charge is 0.458 e. The highest BCUT2D eigenvalue weighted by Crippen LogP contribution is 2.22. The molecule has 0 spiro atoms. The van der Waals surface area contributed by atoms with E-state index < -0.39 is 17.8 Å². The second-order valence-electron chi connectivity index (χ2n) is 6.42. The molecule has 7 nitrogen and oxygen atoms in total. The Hall–Kier alpha value is -3.74. The summed E-state index contributed by atoms with van der Waals surface area (Å²) in [6.45, 7) is 1.55. The zero-order valence-electron chi connectivity index (χ0n) is 14.9. The summed E-state index contributed by atoms with van der Waals surface area (Å²) < 4.78 is 10.5. The van der Waals surface area contributed by atoms with E-state index in [4.69, 9.17) is 9.15 Å². The number of esters is 1. The molecule has 0 saturated carbocycles. The first-order valence-corrected chi connectivity index (χ1v) is 8.62. The van der Waals surface area contributed by atoms with E-state index >= 15 is 0 Å². The van der Waals surface area contributed by atoms with E-state index in [0.717, 1.165) is 16.5 Å². The first-order valence-electron chi connectivity index (χ1n) is 8.62. The van der Waals surface area contributed by atoms with E-state index in [0.29, 0.717) is 16.5 Å². The highest BCUT2D eigenvalue weighted by molar-refractivity contribution is 6.21. The molecule has 4 rings (SSSR count). The standard InChI is InChI=1S/C21H15NO6/c1-12-6-7-17-15(10-12)16(23)11-18(28-17)21(26)27-9-8-22-19(24)13-4-2-3-5-14(13)20(22)25/h2-7,10-11H,8-9H2,1H3. The molecular weight excluding hydrogens is 362 g/mol. The number of benzene rings is 2. The molecule has 1 aliphatic heterocycles. The summed E-state index contributed by atoms with van der Waals surface area (Å²) in [6, 6.07) is 12.6. The third-order valence-electron chi connectivity index (χ3n) is 4.51. The van der Waals surface area contributed by atoms with Crippen LogP contribution in [0.4, 0.5) is 0 Å². The minimum atomic E-state index is -0.837. The van der Waals surface area contributed by atoms with Gasteiger partial charge in [0.1, 0.15) is 12.2 Å². The van der Waals surface area contributed by atoms with Gasteiger partial charge >= 0.3 is 5.97 Å². The Bertz CT molecular complexity index is 1160. The number of hydrogen-bond acceptors (Lipinski definition) is 6. The van der Waals surface area contributed by atoms with E-state index in [-0.39, 0.29) is 29.9 Å². The van der Waals surface area contributed by atoms with Crippen LogP contribution in [0.2, 0.25) is 0 Å². The molecule has 3 aromatic rings. The van der Waals surface area contributed by atoms with Crippen LogP contribution in [0.25, 0.3) is 11.0 Å². The quantitative estimate of drug-likeness (QED) is 0.512. The smallest absolute Gasteiger partial charge is 0.374 e. The average molecular weight is 377 g/mol. The van der Waals surface area contributed by atoms with Crippen LogP contribution in [0.5, 0.6) is 0 Å². The third kappa shape index (κ3) is 2.96. The SMILES string of the molecule is Cc1ccc2oc(C(=O)OCCN3C(=O)c4ccccc4C3=O)cc(=O)c2c1. The van der Waals surface area contributed by atoms with Crippen molar-refractivity contribution < 1.29 is 23.5 Å². The van der Waals surface area contributed by atoms with Crippen molar-refractivity contribution in [2.75, 3.05) is 13.2 Å². The van der Waals surface area contributed by atoms with Gasteiger partial charge in [-0.15, -0.1) is 0 Å². The van der Waals surface area contributed by atoms with E-state index in [2.05, 4.69) is 0 Å². The first-order chi connectivity index (χ1) is 13.5. The van der Waals surface area contributed by atoms with Crippen molar-refractivity contribution in [3.8, 4) is 0 Å². The Morgan fingerprint density at radius 3 is 2.36 bits per heavy atom. The van der Waals surface area contributed by atoms with Crippen molar-refractivity contribution in [2.24, 2.45) is 0 Å². The molecule has 2 heterocycles. The van der Waals surface area contributed by atoms with E-state index in [1.807, 2.05) is 6.92 Å². The van der Waals surface area contributed by atoms with Gasteiger partial charge in [-0.05, 0) is 31.2 Å². The summed E-state index contributed by atoms with van der Waals surface area (Å²) in [5, 5.41) is 0.377. The van der Waals surface area contributed by atoms with Gasteiger partial charge in [0.05, 0.1) is 23.1 Å². The fourth-order valence-corrected chi connectivity index (χ4v) is 3.11. The molecule has 2 aromatic carbocycles. The van der Waals surface area contributed by atoms with Gasteiger partial charge in [0, 0.05) is 6.07 Å². The summed E-state index contributed by atoms with van der Waals surface area (Å²) >= 11 is 0. The zero-order valence-corrected chi connectivity index (χ0v) is 14.9. The molecule has 0 saturated heterocycles. The molecule has 0 radical (unpaired) electrons. The van der Waals surface area contributed by atoms with Gasteiger partial charge in [-0.1, -0.05) is 23.8 Å². The fraction of sp³-hybridized carbons (Fsp3) is 0.143. The van der Waals surface area contributed by atoms with Gasteiger partial charge in [-0.3, -0.25) is 19.3 Å². The lowest BCUT2D eigenvalue weighted by Crippen LogP contribution is -2.33. The fourth-order valence-electron chi connectivity index (χ4n) is 3.11. The summed E-state index contributed by atoms with van der Waals surface area (Å²) in [5.41, 5.74) is 1.49. The second kappa shape index (κ2) is 6.77. The van der Waals surface area contributed by atoms with Gasteiger partial charge in [0.25, 0.3) is 11.8 Å². The number of carbonyl (C=O) groups is 3. The Morgan fingerprint density at radius 2 is 1.68 bits per heavy atom. The number of imide groups is 1.